The van der Waals surface area contributed by atoms with E-state index in [2.05, 4.69) is 0 Å². The number of hydrogen-bond donors (Lipinski definition) is 0. The van der Waals surface area contributed by atoms with Crippen LogP contribution >= 0.6 is 23.4 Å². The van der Waals surface area contributed by atoms with E-state index in [1.807, 2.05) is 21.9 Å². The first-order valence-corrected chi connectivity index (χ1v) is 11.1. The fourth-order valence-electron chi connectivity index (χ4n) is 4.06. The molecule has 2 amide bonds. The molecule has 0 bridgehead atoms. The quantitative estimate of drug-likeness (QED) is 0.708. The zero-order chi connectivity index (χ0) is 21.3. The SMILES string of the molecule is COc1cc(OC)cc(C(=O)N2CCC3(CC2)SCC(=O)N3c2ccc(Cl)cc2)c1. The lowest BCUT2D eigenvalue weighted by Gasteiger charge is -2.44. The number of methoxy groups -OCH3 is 2. The number of piperidine rings is 1. The van der Waals surface area contributed by atoms with Crippen LogP contribution in [0, 0.1) is 0 Å². The summed E-state index contributed by atoms with van der Waals surface area (Å²) in [4.78, 5) is 29.2. The number of halogens is 1. The summed E-state index contributed by atoms with van der Waals surface area (Å²) in [5.41, 5.74) is 1.39. The van der Waals surface area contributed by atoms with Gasteiger partial charge in [0, 0.05) is 35.4 Å². The number of likely N-dealkylation sites (tertiary alicyclic amines) is 1. The minimum absolute atomic E-state index is 0.0607. The van der Waals surface area contributed by atoms with E-state index in [9.17, 15) is 9.59 Å². The second-order valence-electron chi connectivity index (χ2n) is 7.33. The van der Waals surface area contributed by atoms with Gasteiger partial charge < -0.3 is 14.4 Å². The van der Waals surface area contributed by atoms with Gasteiger partial charge in [0.25, 0.3) is 5.91 Å². The van der Waals surface area contributed by atoms with Crippen molar-refractivity contribution >= 4 is 40.9 Å². The number of carbonyl (C=O) groups is 2. The Kier molecular flexibility index (Phi) is 5.84. The Morgan fingerprint density at radius 3 is 2.20 bits per heavy atom. The molecule has 0 aliphatic carbocycles. The van der Waals surface area contributed by atoms with Crippen LogP contribution in [0.4, 0.5) is 5.69 Å². The predicted molar refractivity (Wildman–Crippen MR) is 119 cm³/mol. The first-order chi connectivity index (χ1) is 14.5. The van der Waals surface area contributed by atoms with Gasteiger partial charge in [-0.3, -0.25) is 14.5 Å². The van der Waals surface area contributed by atoms with E-state index in [0.717, 1.165) is 5.69 Å². The number of rotatable bonds is 4. The van der Waals surface area contributed by atoms with Crippen LogP contribution in [0.1, 0.15) is 23.2 Å². The van der Waals surface area contributed by atoms with Crippen molar-refractivity contribution in [1.29, 1.82) is 0 Å². The van der Waals surface area contributed by atoms with Crippen molar-refractivity contribution < 1.29 is 19.1 Å². The first kappa shape index (κ1) is 20.9. The monoisotopic (exact) mass is 446 g/mol. The molecule has 0 radical (unpaired) electrons. The molecule has 2 aromatic carbocycles. The predicted octanol–water partition coefficient (Wildman–Crippen LogP) is 4.07. The van der Waals surface area contributed by atoms with Gasteiger partial charge in [-0.2, -0.15) is 0 Å². The molecular formula is C22H23ClN2O4S. The van der Waals surface area contributed by atoms with Crippen molar-refractivity contribution in [2.24, 2.45) is 0 Å². The molecule has 2 fully saturated rings. The van der Waals surface area contributed by atoms with Gasteiger partial charge in [-0.15, -0.1) is 11.8 Å². The standard InChI is InChI=1S/C22H23ClN2O4S/c1-28-18-11-15(12-19(13-18)29-2)21(27)24-9-7-22(8-10-24)25(20(26)14-30-22)17-5-3-16(23)4-6-17/h3-6,11-13H,7-10,14H2,1-2H3. The van der Waals surface area contributed by atoms with Gasteiger partial charge in [0.15, 0.2) is 0 Å². The van der Waals surface area contributed by atoms with Crippen molar-refractivity contribution in [2.45, 2.75) is 17.7 Å². The average Bonchev–Trinajstić information content (AvgIpc) is 3.09. The van der Waals surface area contributed by atoms with Gasteiger partial charge in [0.05, 0.1) is 24.8 Å². The van der Waals surface area contributed by atoms with Crippen LogP contribution < -0.4 is 14.4 Å². The van der Waals surface area contributed by atoms with E-state index in [4.69, 9.17) is 21.1 Å². The summed E-state index contributed by atoms with van der Waals surface area (Å²) in [6, 6.07) is 12.6. The van der Waals surface area contributed by atoms with Crippen molar-refractivity contribution in [3.8, 4) is 11.5 Å². The smallest absolute Gasteiger partial charge is 0.254 e. The first-order valence-electron chi connectivity index (χ1n) is 9.71. The van der Waals surface area contributed by atoms with Crippen LogP contribution in [0.2, 0.25) is 5.02 Å². The summed E-state index contributed by atoms with van der Waals surface area (Å²) in [5, 5.41) is 0.640. The maximum absolute atomic E-state index is 13.1. The van der Waals surface area contributed by atoms with Crippen molar-refractivity contribution in [3.05, 3.63) is 53.1 Å². The average molecular weight is 447 g/mol. The normalized spacial score (nSPS) is 18.0. The second kappa shape index (κ2) is 8.40. The largest absolute Gasteiger partial charge is 0.497 e. The second-order valence-corrected chi connectivity index (χ2v) is 9.11. The van der Waals surface area contributed by atoms with E-state index in [1.54, 1.807) is 56.3 Å². The zero-order valence-corrected chi connectivity index (χ0v) is 18.5. The number of amides is 2. The fourth-order valence-corrected chi connectivity index (χ4v) is 5.52. The van der Waals surface area contributed by atoms with Crippen LogP contribution in [0.15, 0.2) is 42.5 Å². The Morgan fingerprint density at radius 2 is 1.63 bits per heavy atom. The molecule has 158 valence electrons. The van der Waals surface area contributed by atoms with Gasteiger partial charge in [-0.25, -0.2) is 0 Å². The molecule has 8 heteroatoms. The number of nitrogens with zero attached hydrogens (tertiary/aromatic N) is 2. The Morgan fingerprint density at radius 1 is 1.03 bits per heavy atom. The van der Waals surface area contributed by atoms with E-state index < -0.39 is 0 Å². The molecule has 2 aliphatic heterocycles. The number of thioether (sulfide) groups is 1. The lowest BCUT2D eigenvalue weighted by molar-refractivity contribution is -0.116. The molecule has 2 aromatic rings. The highest BCUT2D eigenvalue weighted by molar-refractivity contribution is 8.02. The Labute approximate surface area is 185 Å². The Bertz CT molecular complexity index is 936. The van der Waals surface area contributed by atoms with E-state index in [-0.39, 0.29) is 16.7 Å². The summed E-state index contributed by atoms with van der Waals surface area (Å²) in [6.07, 6.45) is 1.41. The molecule has 6 nitrogen and oxygen atoms in total. The highest BCUT2D eigenvalue weighted by atomic mass is 35.5. The lowest BCUT2D eigenvalue weighted by Crippen LogP contribution is -2.53. The zero-order valence-electron chi connectivity index (χ0n) is 16.9. The van der Waals surface area contributed by atoms with Gasteiger partial charge in [0.2, 0.25) is 5.91 Å². The van der Waals surface area contributed by atoms with E-state index in [1.165, 1.54) is 0 Å². The maximum atomic E-state index is 13.1. The summed E-state index contributed by atoms with van der Waals surface area (Å²) < 4.78 is 10.6. The summed E-state index contributed by atoms with van der Waals surface area (Å²) >= 11 is 7.68. The van der Waals surface area contributed by atoms with Crippen molar-refractivity contribution in [2.75, 3.05) is 38.0 Å². The van der Waals surface area contributed by atoms with Gasteiger partial charge in [-0.1, -0.05) is 11.6 Å². The third kappa shape index (κ3) is 3.84. The molecule has 0 saturated carbocycles. The Hall–Kier alpha value is -2.38. The highest BCUT2D eigenvalue weighted by Crippen LogP contribution is 2.47. The van der Waals surface area contributed by atoms with Gasteiger partial charge >= 0.3 is 0 Å². The molecule has 0 unspecified atom stereocenters. The highest BCUT2D eigenvalue weighted by Gasteiger charge is 2.49. The molecule has 0 N–H and O–H groups in total. The number of hydrogen-bond acceptors (Lipinski definition) is 5. The molecule has 30 heavy (non-hydrogen) atoms. The lowest BCUT2D eigenvalue weighted by atomic mass is 10.00. The summed E-state index contributed by atoms with van der Waals surface area (Å²) in [5.74, 6) is 1.65. The van der Waals surface area contributed by atoms with Gasteiger partial charge in [-0.05, 0) is 49.2 Å². The molecule has 0 aromatic heterocycles. The number of benzene rings is 2. The Balaban J connectivity index is 1.52. The summed E-state index contributed by atoms with van der Waals surface area (Å²) in [7, 11) is 3.13. The van der Waals surface area contributed by atoms with Crippen molar-refractivity contribution in [3.63, 3.8) is 0 Å². The minimum Gasteiger partial charge on any atom is -0.497 e. The molecule has 2 aliphatic rings. The summed E-state index contributed by atoms with van der Waals surface area (Å²) in [6.45, 7) is 1.14. The van der Waals surface area contributed by atoms with Crippen LogP contribution in [-0.2, 0) is 4.79 Å². The molecule has 2 saturated heterocycles. The van der Waals surface area contributed by atoms with E-state index in [0.29, 0.717) is 53.8 Å². The van der Waals surface area contributed by atoms with Crippen LogP contribution in [0.5, 0.6) is 11.5 Å². The third-order valence-corrected chi connectivity index (χ3v) is 7.41. The number of carbonyl (C=O) groups excluding carboxylic acids is 2. The van der Waals surface area contributed by atoms with Crippen molar-refractivity contribution in [1.82, 2.24) is 4.90 Å². The number of ether oxygens (including phenoxy) is 2. The molecule has 4 rings (SSSR count). The topological polar surface area (TPSA) is 59.1 Å². The molecule has 0 atom stereocenters. The molecular weight excluding hydrogens is 424 g/mol. The van der Waals surface area contributed by atoms with Crippen LogP contribution in [0.3, 0.4) is 0 Å². The molecule has 2 heterocycles. The molecule has 1 spiro atoms. The minimum atomic E-state index is -0.326. The fraction of sp³-hybridized carbons (Fsp3) is 0.364. The van der Waals surface area contributed by atoms with Crippen LogP contribution in [0.25, 0.3) is 0 Å². The maximum Gasteiger partial charge on any atom is 0.254 e. The number of anilines is 1. The van der Waals surface area contributed by atoms with Crippen LogP contribution in [-0.4, -0.2) is 54.6 Å². The third-order valence-electron chi connectivity index (χ3n) is 5.64. The van der Waals surface area contributed by atoms with Gasteiger partial charge in [0.1, 0.15) is 11.5 Å². The van der Waals surface area contributed by atoms with E-state index >= 15 is 0 Å².